The highest BCUT2D eigenvalue weighted by atomic mass is 16.4. The third-order valence-corrected chi connectivity index (χ3v) is 3.55. The van der Waals surface area contributed by atoms with Gasteiger partial charge in [-0.15, -0.1) is 0 Å². The van der Waals surface area contributed by atoms with Crippen molar-refractivity contribution in [2.75, 3.05) is 0 Å². The average Bonchev–Trinajstić information content (AvgIpc) is 2.64. The Balaban J connectivity index is 2.29. The second-order valence-corrected chi connectivity index (χ2v) is 4.76. The Hall–Kier alpha value is -2.37. The van der Waals surface area contributed by atoms with Crippen molar-refractivity contribution < 1.29 is 24.6 Å². The number of benzene rings is 1. The summed E-state index contributed by atoms with van der Waals surface area (Å²) in [5.41, 5.74) is 1.26. The largest absolute Gasteiger partial charge is 0.481 e. The van der Waals surface area contributed by atoms with Crippen LogP contribution in [0, 0.1) is 0 Å². The van der Waals surface area contributed by atoms with Crippen LogP contribution in [0.25, 0.3) is 0 Å². The Kier molecular flexibility index (Phi) is 3.74. The molecule has 0 saturated heterocycles. The normalized spacial score (nSPS) is 18.8. The van der Waals surface area contributed by atoms with Crippen LogP contribution < -0.4 is 0 Å². The van der Waals surface area contributed by atoms with Crippen molar-refractivity contribution in [2.24, 2.45) is 0 Å². The molecule has 2 rings (SSSR count). The van der Waals surface area contributed by atoms with Crippen LogP contribution in [0.2, 0.25) is 0 Å². The van der Waals surface area contributed by atoms with E-state index in [1.54, 1.807) is 31.2 Å². The molecule has 0 saturated carbocycles. The lowest BCUT2D eigenvalue weighted by atomic mass is 10.1. The van der Waals surface area contributed by atoms with Gasteiger partial charge in [0.1, 0.15) is 6.04 Å². The SMILES string of the molecule is CC1c2ccccc2C(=O)N1C(CCC(=O)O)C(=O)O. The number of fused-ring (bicyclic) bond motifs is 1. The Morgan fingerprint density at radius 1 is 1.30 bits per heavy atom. The monoisotopic (exact) mass is 277 g/mol. The van der Waals surface area contributed by atoms with Gasteiger partial charge in [0.15, 0.2) is 0 Å². The quantitative estimate of drug-likeness (QED) is 0.850. The van der Waals surface area contributed by atoms with Gasteiger partial charge in [-0.3, -0.25) is 9.59 Å². The second-order valence-electron chi connectivity index (χ2n) is 4.76. The van der Waals surface area contributed by atoms with Crippen LogP contribution in [0.15, 0.2) is 24.3 Å². The van der Waals surface area contributed by atoms with Gasteiger partial charge in [-0.2, -0.15) is 0 Å². The number of hydrogen-bond acceptors (Lipinski definition) is 3. The molecule has 6 heteroatoms. The minimum absolute atomic E-state index is 0.102. The smallest absolute Gasteiger partial charge is 0.326 e. The molecule has 2 atom stereocenters. The molecule has 0 radical (unpaired) electrons. The first kappa shape index (κ1) is 14.0. The highest BCUT2D eigenvalue weighted by molar-refractivity contribution is 6.01. The number of carboxylic acid groups (broad SMARTS) is 2. The first-order valence-corrected chi connectivity index (χ1v) is 6.29. The zero-order chi connectivity index (χ0) is 14.9. The van der Waals surface area contributed by atoms with Crippen molar-refractivity contribution in [1.29, 1.82) is 0 Å². The van der Waals surface area contributed by atoms with Crippen LogP contribution in [-0.4, -0.2) is 39.0 Å². The maximum atomic E-state index is 12.3. The lowest BCUT2D eigenvalue weighted by Gasteiger charge is -2.28. The van der Waals surface area contributed by atoms with E-state index in [4.69, 9.17) is 5.11 Å². The molecule has 1 aliphatic heterocycles. The van der Waals surface area contributed by atoms with Gasteiger partial charge in [-0.25, -0.2) is 4.79 Å². The van der Waals surface area contributed by atoms with Crippen LogP contribution in [0.4, 0.5) is 0 Å². The van der Waals surface area contributed by atoms with Gasteiger partial charge in [-0.05, 0) is 25.0 Å². The maximum absolute atomic E-state index is 12.3. The van der Waals surface area contributed by atoms with Gasteiger partial charge in [0.25, 0.3) is 5.91 Å². The number of nitrogens with zero attached hydrogens (tertiary/aromatic N) is 1. The summed E-state index contributed by atoms with van der Waals surface area (Å²) in [6, 6.07) is 5.46. The fourth-order valence-corrected chi connectivity index (χ4v) is 2.57. The fourth-order valence-electron chi connectivity index (χ4n) is 2.57. The molecule has 106 valence electrons. The Morgan fingerprint density at radius 2 is 1.95 bits per heavy atom. The van der Waals surface area contributed by atoms with Crippen LogP contribution in [0.1, 0.15) is 41.7 Å². The van der Waals surface area contributed by atoms with E-state index in [-0.39, 0.29) is 24.8 Å². The minimum atomic E-state index is -1.18. The number of rotatable bonds is 5. The van der Waals surface area contributed by atoms with Crippen LogP contribution in [-0.2, 0) is 9.59 Å². The number of hydrogen-bond donors (Lipinski definition) is 2. The van der Waals surface area contributed by atoms with Gasteiger partial charge in [0.2, 0.25) is 0 Å². The van der Waals surface area contributed by atoms with Crippen molar-refractivity contribution >= 4 is 17.8 Å². The van der Waals surface area contributed by atoms with E-state index in [0.29, 0.717) is 5.56 Å². The molecule has 6 nitrogen and oxygen atoms in total. The fraction of sp³-hybridized carbons (Fsp3) is 0.357. The highest BCUT2D eigenvalue weighted by Gasteiger charge is 2.40. The minimum Gasteiger partial charge on any atom is -0.481 e. The van der Waals surface area contributed by atoms with Crippen LogP contribution >= 0.6 is 0 Å². The molecule has 1 aliphatic rings. The molecule has 0 aromatic heterocycles. The molecule has 0 spiro atoms. The molecule has 20 heavy (non-hydrogen) atoms. The third-order valence-electron chi connectivity index (χ3n) is 3.55. The average molecular weight is 277 g/mol. The summed E-state index contributed by atoms with van der Waals surface area (Å²) in [6.45, 7) is 1.75. The third kappa shape index (κ3) is 2.36. The van der Waals surface area contributed by atoms with Gasteiger partial charge in [0.05, 0.1) is 6.04 Å². The van der Waals surface area contributed by atoms with Crippen LogP contribution in [0.3, 0.4) is 0 Å². The second kappa shape index (κ2) is 5.32. The molecule has 2 unspecified atom stereocenters. The van der Waals surface area contributed by atoms with Crippen molar-refractivity contribution in [3.8, 4) is 0 Å². The van der Waals surface area contributed by atoms with E-state index in [1.165, 1.54) is 4.90 Å². The molecule has 0 aliphatic carbocycles. The molecule has 0 fully saturated rings. The number of carbonyl (C=O) groups is 3. The number of aliphatic carboxylic acids is 2. The van der Waals surface area contributed by atoms with E-state index in [2.05, 4.69) is 0 Å². The molecule has 1 amide bonds. The molecule has 0 bridgehead atoms. The lowest BCUT2D eigenvalue weighted by Crippen LogP contribution is -2.43. The van der Waals surface area contributed by atoms with Gasteiger partial charge >= 0.3 is 11.9 Å². The predicted molar refractivity (Wildman–Crippen MR) is 69.3 cm³/mol. The summed E-state index contributed by atoms with van der Waals surface area (Å²) in [7, 11) is 0. The zero-order valence-corrected chi connectivity index (χ0v) is 10.9. The molecular weight excluding hydrogens is 262 g/mol. The van der Waals surface area contributed by atoms with Gasteiger partial charge < -0.3 is 15.1 Å². The lowest BCUT2D eigenvalue weighted by molar-refractivity contribution is -0.144. The van der Waals surface area contributed by atoms with E-state index >= 15 is 0 Å². The molecule has 1 heterocycles. The first-order chi connectivity index (χ1) is 9.43. The Morgan fingerprint density at radius 3 is 2.50 bits per heavy atom. The standard InChI is InChI=1S/C14H15NO5/c1-8-9-4-2-3-5-10(9)13(18)15(8)11(14(19)20)6-7-12(16)17/h2-5,8,11H,6-7H2,1H3,(H,16,17)(H,19,20). The Bertz CT molecular complexity index is 568. The van der Waals surface area contributed by atoms with Crippen molar-refractivity contribution in [1.82, 2.24) is 4.90 Å². The summed E-state index contributed by atoms with van der Waals surface area (Å²) >= 11 is 0. The zero-order valence-electron chi connectivity index (χ0n) is 10.9. The molecular formula is C14H15NO5. The summed E-state index contributed by atoms with van der Waals surface area (Å²) in [6.07, 6.45) is -0.390. The summed E-state index contributed by atoms with van der Waals surface area (Å²) in [5, 5.41) is 18.0. The van der Waals surface area contributed by atoms with E-state index in [0.717, 1.165) is 5.56 Å². The van der Waals surface area contributed by atoms with Crippen molar-refractivity contribution in [2.45, 2.75) is 31.8 Å². The number of amides is 1. The predicted octanol–water partition coefficient (Wildman–Crippen LogP) is 1.52. The topological polar surface area (TPSA) is 94.9 Å². The number of carboxylic acids is 2. The summed E-state index contributed by atoms with van der Waals surface area (Å²) < 4.78 is 0. The maximum Gasteiger partial charge on any atom is 0.326 e. The molecule has 2 N–H and O–H groups in total. The first-order valence-electron chi connectivity index (χ1n) is 6.29. The highest BCUT2D eigenvalue weighted by Crippen LogP contribution is 2.35. The van der Waals surface area contributed by atoms with Crippen LogP contribution in [0.5, 0.6) is 0 Å². The molecule has 1 aromatic rings. The van der Waals surface area contributed by atoms with Gasteiger partial charge in [-0.1, -0.05) is 18.2 Å². The summed E-state index contributed by atoms with van der Waals surface area (Å²) in [5.74, 6) is -2.61. The van der Waals surface area contributed by atoms with E-state index in [1.807, 2.05) is 0 Å². The van der Waals surface area contributed by atoms with Gasteiger partial charge in [0, 0.05) is 12.0 Å². The van der Waals surface area contributed by atoms with E-state index < -0.39 is 18.0 Å². The molecule has 1 aromatic carbocycles. The number of carbonyl (C=O) groups excluding carboxylic acids is 1. The van der Waals surface area contributed by atoms with Crippen molar-refractivity contribution in [3.05, 3.63) is 35.4 Å². The Labute approximate surface area is 115 Å². The summed E-state index contributed by atoms with van der Waals surface area (Å²) in [4.78, 5) is 35.6. The van der Waals surface area contributed by atoms with Crippen molar-refractivity contribution in [3.63, 3.8) is 0 Å². The van der Waals surface area contributed by atoms with E-state index in [9.17, 15) is 19.5 Å².